The molecule has 1 unspecified atom stereocenters. The second-order valence-electron chi connectivity index (χ2n) is 6.68. The van der Waals surface area contributed by atoms with E-state index in [4.69, 9.17) is 5.73 Å². The number of nitro groups is 1. The van der Waals surface area contributed by atoms with E-state index in [1.807, 2.05) is 0 Å². The van der Waals surface area contributed by atoms with E-state index in [9.17, 15) is 19.7 Å². The first kappa shape index (κ1) is 19.1. The summed E-state index contributed by atoms with van der Waals surface area (Å²) >= 11 is 0. The largest absolute Gasteiger partial charge is 0.369 e. The number of amides is 1. The van der Waals surface area contributed by atoms with Gasteiger partial charge in [0.25, 0.3) is 5.69 Å². The van der Waals surface area contributed by atoms with E-state index in [1.165, 1.54) is 17.0 Å². The molecule has 0 bridgehead atoms. The molecule has 10 nitrogen and oxygen atoms in total. The van der Waals surface area contributed by atoms with Crippen molar-refractivity contribution in [3.05, 3.63) is 63.7 Å². The zero-order chi connectivity index (χ0) is 20.5. The lowest BCUT2D eigenvalue weighted by Crippen LogP contribution is -2.47. The fourth-order valence-electron chi connectivity index (χ4n) is 2.87. The molecule has 0 aliphatic carbocycles. The van der Waals surface area contributed by atoms with Crippen LogP contribution in [-0.4, -0.2) is 44.5 Å². The summed E-state index contributed by atoms with van der Waals surface area (Å²) in [4.78, 5) is 48.5. The molecule has 0 spiro atoms. The second-order valence-corrected chi connectivity index (χ2v) is 6.68. The molecule has 1 aliphatic rings. The van der Waals surface area contributed by atoms with Gasteiger partial charge in [-0.3, -0.25) is 29.6 Å². The van der Waals surface area contributed by atoms with Crippen LogP contribution in [0.4, 0.5) is 5.69 Å². The standard InChI is InChI=1S/C18H18N6O4/c1-18(9-16(26)23(2)17(19)22-18)15-8-11(5-6-20-15)7-14(25)13-4-3-12(10-21-13)24(27)28/h3-6,8,10H,7,9H2,1-2H3,(H2,19,22). The Bertz CT molecular complexity index is 988. The lowest BCUT2D eigenvalue weighted by atomic mass is 9.90. The van der Waals surface area contributed by atoms with Gasteiger partial charge in [0.2, 0.25) is 5.91 Å². The summed E-state index contributed by atoms with van der Waals surface area (Å²) in [7, 11) is 1.56. The van der Waals surface area contributed by atoms with Crippen molar-refractivity contribution in [3.63, 3.8) is 0 Å². The molecule has 0 radical (unpaired) electrons. The number of hydrogen-bond acceptors (Lipinski definition) is 8. The second kappa shape index (κ2) is 7.14. The molecule has 3 rings (SSSR count). The van der Waals surface area contributed by atoms with Gasteiger partial charge in [-0.05, 0) is 30.7 Å². The molecule has 0 saturated carbocycles. The number of carbonyl (C=O) groups is 2. The summed E-state index contributed by atoms with van der Waals surface area (Å²) in [5.74, 6) is -0.356. The van der Waals surface area contributed by atoms with Crippen LogP contribution < -0.4 is 5.73 Å². The maximum absolute atomic E-state index is 12.4. The van der Waals surface area contributed by atoms with Crippen LogP contribution in [0.25, 0.3) is 0 Å². The van der Waals surface area contributed by atoms with Crippen molar-refractivity contribution in [1.29, 1.82) is 0 Å². The number of carbonyl (C=O) groups excluding carboxylic acids is 2. The van der Waals surface area contributed by atoms with Gasteiger partial charge >= 0.3 is 0 Å². The van der Waals surface area contributed by atoms with Gasteiger partial charge in [0.15, 0.2) is 11.7 Å². The molecule has 1 aliphatic heterocycles. The molecule has 0 saturated heterocycles. The Labute approximate surface area is 160 Å². The molecule has 1 amide bonds. The number of aromatic nitrogens is 2. The molecule has 3 heterocycles. The van der Waals surface area contributed by atoms with Crippen molar-refractivity contribution >= 4 is 23.3 Å². The highest BCUT2D eigenvalue weighted by Gasteiger charge is 2.37. The average Bonchev–Trinajstić information content (AvgIpc) is 2.66. The van der Waals surface area contributed by atoms with Gasteiger partial charge in [0.05, 0.1) is 17.0 Å². The van der Waals surface area contributed by atoms with Gasteiger partial charge in [-0.15, -0.1) is 0 Å². The molecular formula is C18H18N6O4. The zero-order valence-corrected chi connectivity index (χ0v) is 15.3. The Kier molecular flexibility index (Phi) is 4.87. The smallest absolute Gasteiger partial charge is 0.287 e. The Hall–Kier alpha value is -3.69. The lowest BCUT2D eigenvalue weighted by Gasteiger charge is -2.32. The van der Waals surface area contributed by atoms with Crippen LogP contribution in [0.1, 0.15) is 35.1 Å². The highest BCUT2D eigenvalue weighted by Crippen LogP contribution is 2.31. The molecule has 2 N–H and O–H groups in total. The lowest BCUT2D eigenvalue weighted by molar-refractivity contribution is -0.385. The first-order chi connectivity index (χ1) is 13.2. The molecule has 0 fully saturated rings. The Morgan fingerprint density at radius 2 is 2.11 bits per heavy atom. The van der Waals surface area contributed by atoms with E-state index < -0.39 is 10.5 Å². The number of aliphatic imine (C=N–C) groups is 1. The highest BCUT2D eigenvalue weighted by atomic mass is 16.6. The van der Waals surface area contributed by atoms with Gasteiger partial charge < -0.3 is 5.73 Å². The Morgan fingerprint density at radius 1 is 1.36 bits per heavy atom. The number of pyridine rings is 2. The molecule has 2 aromatic heterocycles. The van der Waals surface area contributed by atoms with Gasteiger partial charge in [0, 0.05) is 25.7 Å². The topological polar surface area (TPSA) is 145 Å². The fraction of sp³-hybridized carbons (Fsp3) is 0.278. The maximum Gasteiger partial charge on any atom is 0.287 e. The van der Waals surface area contributed by atoms with Crippen LogP contribution in [0, 0.1) is 10.1 Å². The maximum atomic E-state index is 12.4. The summed E-state index contributed by atoms with van der Waals surface area (Å²) in [5, 5.41) is 10.7. The first-order valence-electron chi connectivity index (χ1n) is 8.40. The van der Waals surface area contributed by atoms with Gasteiger partial charge in [-0.1, -0.05) is 0 Å². The van der Waals surface area contributed by atoms with Crippen LogP contribution in [0.15, 0.2) is 41.7 Å². The molecule has 0 aromatic carbocycles. The van der Waals surface area contributed by atoms with Gasteiger partial charge in [0.1, 0.15) is 17.4 Å². The van der Waals surface area contributed by atoms with Crippen LogP contribution in [0.5, 0.6) is 0 Å². The predicted octanol–water partition coefficient (Wildman–Crippen LogP) is 1.20. The summed E-state index contributed by atoms with van der Waals surface area (Å²) in [5.41, 5.74) is 6.05. The number of guanidine groups is 1. The summed E-state index contributed by atoms with van der Waals surface area (Å²) in [6, 6.07) is 5.95. The monoisotopic (exact) mass is 382 g/mol. The normalized spacial score (nSPS) is 19.3. The van der Waals surface area contributed by atoms with E-state index >= 15 is 0 Å². The molecule has 10 heteroatoms. The number of Topliss-reactive ketones (excluding diaryl/α,β-unsaturated/α-hetero) is 1. The first-order valence-corrected chi connectivity index (χ1v) is 8.40. The number of hydrogen-bond donors (Lipinski definition) is 1. The number of ketones is 1. The average molecular weight is 382 g/mol. The van der Waals surface area contributed by atoms with E-state index in [1.54, 1.807) is 32.3 Å². The van der Waals surface area contributed by atoms with Crippen LogP contribution in [0.3, 0.4) is 0 Å². The quantitative estimate of drug-likeness (QED) is 0.464. The molecular weight excluding hydrogens is 364 g/mol. The van der Waals surface area contributed by atoms with Crippen molar-refractivity contribution in [2.24, 2.45) is 10.7 Å². The third-order valence-electron chi connectivity index (χ3n) is 4.56. The molecule has 144 valence electrons. The van der Waals surface area contributed by atoms with E-state index in [0.29, 0.717) is 11.3 Å². The van der Waals surface area contributed by atoms with Crippen molar-refractivity contribution in [1.82, 2.24) is 14.9 Å². The summed E-state index contributed by atoms with van der Waals surface area (Å²) in [6.07, 6.45) is 2.73. The third kappa shape index (κ3) is 3.70. The minimum atomic E-state index is -0.918. The van der Waals surface area contributed by atoms with Crippen LogP contribution >= 0.6 is 0 Å². The minimum absolute atomic E-state index is 0.0312. The van der Waals surface area contributed by atoms with Crippen LogP contribution in [-0.2, 0) is 16.8 Å². The van der Waals surface area contributed by atoms with Gasteiger partial charge in [-0.25, -0.2) is 9.98 Å². The van der Waals surface area contributed by atoms with Crippen molar-refractivity contribution in [2.45, 2.75) is 25.3 Å². The summed E-state index contributed by atoms with van der Waals surface area (Å²) < 4.78 is 0. The SMILES string of the molecule is CN1C(=O)CC(C)(c2cc(CC(=O)c3ccc([N+](=O)[O-])cn3)ccn2)N=C1N. The molecule has 28 heavy (non-hydrogen) atoms. The molecule has 1 atom stereocenters. The minimum Gasteiger partial charge on any atom is -0.369 e. The van der Waals surface area contributed by atoms with E-state index in [0.717, 1.165) is 6.20 Å². The third-order valence-corrected chi connectivity index (χ3v) is 4.56. The summed E-state index contributed by atoms with van der Waals surface area (Å²) in [6.45, 7) is 1.76. The fourth-order valence-corrected chi connectivity index (χ4v) is 2.87. The molecule has 2 aromatic rings. The predicted molar refractivity (Wildman–Crippen MR) is 99.5 cm³/mol. The number of nitrogens with two attached hydrogens (primary N) is 1. The van der Waals surface area contributed by atoms with Gasteiger partial charge in [-0.2, -0.15) is 0 Å². The Morgan fingerprint density at radius 3 is 2.71 bits per heavy atom. The van der Waals surface area contributed by atoms with Crippen molar-refractivity contribution in [2.75, 3.05) is 7.05 Å². The zero-order valence-electron chi connectivity index (χ0n) is 15.3. The number of nitrogens with zero attached hydrogens (tertiary/aromatic N) is 5. The van der Waals surface area contributed by atoms with Crippen LogP contribution in [0.2, 0.25) is 0 Å². The van der Waals surface area contributed by atoms with Crippen molar-refractivity contribution < 1.29 is 14.5 Å². The van der Waals surface area contributed by atoms with Crippen molar-refractivity contribution in [3.8, 4) is 0 Å². The van der Waals surface area contributed by atoms with E-state index in [2.05, 4.69) is 15.0 Å². The van der Waals surface area contributed by atoms with E-state index in [-0.39, 0.29) is 41.9 Å². The highest BCUT2D eigenvalue weighted by molar-refractivity contribution is 5.98. The number of rotatable bonds is 5. The Balaban J connectivity index is 1.83.